The summed E-state index contributed by atoms with van der Waals surface area (Å²) in [6.07, 6.45) is 0. The van der Waals surface area contributed by atoms with Gasteiger partial charge in [0.15, 0.2) is 0 Å². The maximum atomic E-state index is 6.34. The second-order valence-corrected chi connectivity index (χ2v) is 7.83. The summed E-state index contributed by atoms with van der Waals surface area (Å²) in [4.78, 5) is 2.52. The Morgan fingerprint density at radius 1 is 1.19 bits per heavy atom. The van der Waals surface area contributed by atoms with E-state index in [1.54, 1.807) is 7.11 Å². The molecule has 1 aliphatic rings. The molecule has 0 saturated carbocycles. The summed E-state index contributed by atoms with van der Waals surface area (Å²) in [7, 11) is 3.82. The number of rotatable bonds is 8. The van der Waals surface area contributed by atoms with E-state index in [9.17, 15) is 0 Å². The predicted molar refractivity (Wildman–Crippen MR) is 88.7 cm³/mol. The fourth-order valence-corrected chi connectivity index (χ4v) is 3.85. The van der Waals surface area contributed by atoms with E-state index in [0.717, 1.165) is 26.2 Å². The van der Waals surface area contributed by atoms with E-state index < -0.39 is 0 Å². The number of likely N-dealkylation sites (N-methyl/N-ethyl adjacent to an activating group) is 1. The van der Waals surface area contributed by atoms with E-state index in [-0.39, 0.29) is 11.2 Å². The zero-order valence-electron chi connectivity index (χ0n) is 15.3. The molecule has 0 aliphatic carbocycles. The lowest BCUT2D eigenvalue weighted by atomic mass is 9.82. The Morgan fingerprint density at radius 3 is 2.29 bits per heavy atom. The van der Waals surface area contributed by atoms with E-state index >= 15 is 0 Å². The molecule has 21 heavy (non-hydrogen) atoms. The van der Waals surface area contributed by atoms with Crippen LogP contribution < -0.4 is 5.32 Å². The number of ether oxygens (including phenoxy) is 2. The van der Waals surface area contributed by atoms with Crippen molar-refractivity contribution in [3.63, 3.8) is 0 Å². The van der Waals surface area contributed by atoms with Gasteiger partial charge < -0.3 is 19.7 Å². The summed E-state index contributed by atoms with van der Waals surface area (Å²) in [5.74, 6) is 1.13. The van der Waals surface area contributed by atoms with Crippen LogP contribution in [0, 0.1) is 11.8 Å². The molecule has 1 heterocycles. The molecule has 1 fully saturated rings. The molecule has 0 aromatic heterocycles. The van der Waals surface area contributed by atoms with Gasteiger partial charge in [-0.1, -0.05) is 13.8 Å². The monoisotopic (exact) mass is 300 g/mol. The third kappa shape index (κ3) is 4.92. The van der Waals surface area contributed by atoms with Crippen molar-refractivity contribution in [1.29, 1.82) is 0 Å². The molecule has 0 bridgehead atoms. The Bertz CT molecular complexity index is 316. The number of methoxy groups -OCH3 is 1. The minimum absolute atomic E-state index is 0.112. The maximum Gasteiger partial charge on any atom is 0.0790 e. The van der Waals surface area contributed by atoms with Crippen LogP contribution in [-0.4, -0.2) is 62.5 Å². The topological polar surface area (TPSA) is 33.7 Å². The van der Waals surface area contributed by atoms with E-state index in [0.29, 0.717) is 17.9 Å². The summed E-state index contributed by atoms with van der Waals surface area (Å²) in [5, 5.41) is 3.49. The lowest BCUT2D eigenvalue weighted by Gasteiger charge is -2.35. The van der Waals surface area contributed by atoms with Gasteiger partial charge in [-0.3, -0.25) is 0 Å². The van der Waals surface area contributed by atoms with E-state index in [1.165, 1.54) is 0 Å². The first-order valence-corrected chi connectivity index (χ1v) is 8.22. The van der Waals surface area contributed by atoms with E-state index in [4.69, 9.17) is 9.47 Å². The summed E-state index contributed by atoms with van der Waals surface area (Å²) < 4.78 is 11.6. The lowest BCUT2D eigenvalue weighted by Crippen LogP contribution is -2.50. The molecular formula is C17H36N2O2. The summed E-state index contributed by atoms with van der Waals surface area (Å²) in [6.45, 7) is 17.3. The van der Waals surface area contributed by atoms with Crippen LogP contribution >= 0.6 is 0 Å². The molecule has 0 spiro atoms. The van der Waals surface area contributed by atoms with E-state index in [1.807, 2.05) is 7.05 Å². The Balaban J connectivity index is 2.83. The number of hydrogen-bond donors (Lipinski definition) is 1. The quantitative estimate of drug-likeness (QED) is 0.746. The number of hydrogen-bond acceptors (Lipinski definition) is 4. The molecule has 1 N–H and O–H groups in total. The first kappa shape index (κ1) is 18.9. The second kappa shape index (κ2) is 7.40. The van der Waals surface area contributed by atoms with Crippen molar-refractivity contribution in [2.45, 2.75) is 58.8 Å². The first-order chi connectivity index (χ1) is 9.64. The van der Waals surface area contributed by atoms with Crippen molar-refractivity contribution in [1.82, 2.24) is 10.2 Å². The van der Waals surface area contributed by atoms with Crippen LogP contribution in [0.5, 0.6) is 0 Å². The molecule has 0 aromatic carbocycles. The smallest absolute Gasteiger partial charge is 0.0790 e. The zero-order valence-corrected chi connectivity index (χ0v) is 15.3. The van der Waals surface area contributed by atoms with Gasteiger partial charge in [-0.15, -0.1) is 0 Å². The molecule has 1 aliphatic heterocycles. The highest BCUT2D eigenvalue weighted by molar-refractivity contribution is 5.05. The molecule has 1 saturated heterocycles. The minimum atomic E-state index is -0.131. The molecule has 2 unspecified atom stereocenters. The van der Waals surface area contributed by atoms with Crippen molar-refractivity contribution in [3.8, 4) is 0 Å². The molecule has 2 atom stereocenters. The van der Waals surface area contributed by atoms with Gasteiger partial charge in [0, 0.05) is 38.7 Å². The van der Waals surface area contributed by atoms with Crippen LogP contribution in [0.2, 0.25) is 0 Å². The molecule has 0 aromatic rings. The molecular weight excluding hydrogens is 264 g/mol. The largest absolute Gasteiger partial charge is 0.383 e. The fraction of sp³-hybridized carbons (Fsp3) is 1.00. The van der Waals surface area contributed by atoms with Gasteiger partial charge in [0.05, 0.1) is 17.8 Å². The van der Waals surface area contributed by atoms with Crippen molar-refractivity contribution < 1.29 is 9.47 Å². The predicted octanol–water partition coefficient (Wildman–Crippen LogP) is 2.38. The van der Waals surface area contributed by atoms with Crippen molar-refractivity contribution in [3.05, 3.63) is 0 Å². The van der Waals surface area contributed by atoms with Gasteiger partial charge in [0.1, 0.15) is 0 Å². The third-order valence-electron chi connectivity index (χ3n) is 4.57. The van der Waals surface area contributed by atoms with Gasteiger partial charge in [-0.05, 0) is 40.7 Å². The molecule has 4 heteroatoms. The molecule has 0 amide bonds. The first-order valence-electron chi connectivity index (χ1n) is 8.22. The Hall–Kier alpha value is -0.160. The highest BCUT2D eigenvalue weighted by Crippen LogP contribution is 2.42. The standard InChI is InChI=1S/C17H36N2O2/c1-13(2)11-19(9-10-20-8)12-14-15(18-7)17(5,6)21-16(14,3)4/h13-15,18H,9-12H2,1-8H3. The van der Waals surface area contributed by atoms with Gasteiger partial charge >= 0.3 is 0 Å². The lowest BCUT2D eigenvalue weighted by molar-refractivity contribution is -0.0798. The van der Waals surface area contributed by atoms with Crippen molar-refractivity contribution in [2.75, 3.05) is 40.4 Å². The molecule has 1 rings (SSSR count). The van der Waals surface area contributed by atoms with Gasteiger partial charge in [-0.25, -0.2) is 0 Å². The van der Waals surface area contributed by atoms with Gasteiger partial charge in [0.25, 0.3) is 0 Å². The number of nitrogens with zero attached hydrogens (tertiary/aromatic N) is 1. The third-order valence-corrected chi connectivity index (χ3v) is 4.57. The van der Waals surface area contributed by atoms with E-state index in [2.05, 4.69) is 51.8 Å². The van der Waals surface area contributed by atoms with Crippen LogP contribution in [0.3, 0.4) is 0 Å². The average Bonchev–Trinajstić information content (AvgIpc) is 2.50. The van der Waals surface area contributed by atoms with Crippen LogP contribution in [0.4, 0.5) is 0 Å². The van der Waals surface area contributed by atoms with Crippen molar-refractivity contribution >= 4 is 0 Å². The molecule has 4 nitrogen and oxygen atoms in total. The van der Waals surface area contributed by atoms with Gasteiger partial charge in [0.2, 0.25) is 0 Å². The van der Waals surface area contributed by atoms with Crippen LogP contribution in [0.1, 0.15) is 41.5 Å². The summed E-state index contributed by atoms with van der Waals surface area (Å²) in [5.41, 5.74) is -0.243. The maximum absolute atomic E-state index is 6.34. The minimum Gasteiger partial charge on any atom is -0.383 e. The fourth-order valence-electron chi connectivity index (χ4n) is 3.85. The molecule has 0 radical (unpaired) electrons. The van der Waals surface area contributed by atoms with Crippen LogP contribution in [-0.2, 0) is 9.47 Å². The van der Waals surface area contributed by atoms with Gasteiger partial charge in [-0.2, -0.15) is 0 Å². The summed E-state index contributed by atoms with van der Waals surface area (Å²) in [6, 6.07) is 0.365. The van der Waals surface area contributed by atoms with Crippen LogP contribution in [0.15, 0.2) is 0 Å². The molecule has 126 valence electrons. The normalized spacial score (nSPS) is 27.7. The Morgan fingerprint density at radius 2 is 1.81 bits per heavy atom. The van der Waals surface area contributed by atoms with Crippen LogP contribution in [0.25, 0.3) is 0 Å². The average molecular weight is 300 g/mol. The Kier molecular flexibility index (Phi) is 6.66. The Labute approximate surface area is 131 Å². The zero-order chi connectivity index (χ0) is 16.3. The highest BCUT2D eigenvalue weighted by Gasteiger charge is 2.53. The second-order valence-electron chi connectivity index (χ2n) is 7.83. The SMILES string of the molecule is CNC1C(CN(CCOC)CC(C)C)C(C)(C)OC1(C)C. The highest BCUT2D eigenvalue weighted by atomic mass is 16.5. The van der Waals surface area contributed by atoms with Crippen molar-refractivity contribution in [2.24, 2.45) is 11.8 Å². The summed E-state index contributed by atoms with van der Waals surface area (Å²) >= 11 is 0. The number of nitrogens with one attached hydrogen (secondary N) is 1.